The van der Waals surface area contributed by atoms with Crippen molar-refractivity contribution in [3.05, 3.63) is 28.8 Å². The fourth-order valence-electron chi connectivity index (χ4n) is 2.37. The number of aryl methyl sites for hydroxylation is 3. The van der Waals surface area contributed by atoms with Crippen LogP contribution in [0, 0.1) is 13.8 Å². The molecule has 0 aromatic carbocycles. The zero-order valence-electron chi connectivity index (χ0n) is 12.1. The largest absolute Gasteiger partial charge is 0.327 e. The second kappa shape index (κ2) is 5.52. The SMILES string of the molecule is Cc1nn(C)c(C)c1CCC(N)Cc1cn(C)nn1. The number of aromatic nitrogens is 5. The summed E-state index contributed by atoms with van der Waals surface area (Å²) in [5.74, 6) is 0. The second-order valence-corrected chi connectivity index (χ2v) is 5.16. The second-order valence-electron chi connectivity index (χ2n) is 5.16. The Labute approximate surface area is 113 Å². The molecule has 6 nitrogen and oxygen atoms in total. The van der Waals surface area contributed by atoms with Gasteiger partial charge in [0, 0.05) is 38.4 Å². The smallest absolute Gasteiger partial charge is 0.0842 e. The molecule has 0 aliphatic carbocycles. The molecule has 2 aromatic rings. The average molecular weight is 262 g/mol. The van der Waals surface area contributed by atoms with E-state index in [-0.39, 0.29) is 6.04 Å². The molecule has 0 radical (unpaired) electrons. The molecule has 104 valence electrons. The highest BCUT2D eigenvalue weighted by molar-refractivity contribution is 5.24. The van der Waals surface area contributed by atoms with E-state index in [4.69, 9.17) is 5.73 Å². The van der Waals surface area contributed by atoms with Gasteiger partial charge in [-0.3, -0.25) is 9.36 Å². The van der Waals surface area contributed by atoms with Gasteiger partial charge >= 0.3 is 0 Å². The van der Waals surface area contributed by atoms with Crippen molar-refractivity contribution in [3.8, 4) is 0 Å². The van der Waals surface area contributed by atoms with Crippen LogP contribution in [0.1, 0.15) is 29.1 Å². The lowest BCUT2D eigenvalue weighted by atomic mass is 10.0. The Bertz CT molecular complexity index is 553. The first-order valence-electron chi connectivity index (χ1n) is 6.57. The first-order chi connectivity index (χ1) is 8.97. The van der Waals surface area contributed by atoms with Gasteiger partial charge in [-0.05, 0) is 32.3 Å². The molecule has 0 aliphatic heterocycles. The third-order valence-corrected chi connectivity index (χ3v) is 3.55. The van der Waals surface area contributed by atoms with E-state index in [2.05, 4.69) is 29.3 Å². The van der Waals surface area contributed by atoms with Crippen LogP contribution in [0.4, 0.5) is 0 Å². The minimum atomic E-state index is 0.107. The number of hydrogen-bond donors (Lipinski definition) is 1. The van der Waals surface area contributed by atoms with Gasteiger partial charge in [-0.25, -0.2) is 0 Å². The van der Waals surface area contributed by atoms with Gasteiger partial charge in [0.15, 0.2) is 0 Å². The number of nitrogens with zero attached hydrogens (tertiary/aromatic N) is 5. The Balaban J connectivity index is 1.91. The predicted octanol–water partition coefficient (Wildman–Crippen LogP) is 0.668. The molecule has 19 heavy (non-hydrogen) atoms. The maximum Gasteiger partial charge on any atom is 0.0842 e. The third-order valence-electron chi connectivity index (χ3n) is 3.55. The highest BCUT2D eigenvalue weighted by Gasteiger charge is 2.12. The molecule has 0 saturated carbocycles. The summed E-state index contributed by atoms with van der Waals surface area (Å²) in [7, 11) is 3.84. The molecular weight excluding hydrogens is 240 g/mol. The Hall–Kier alpha value is -1.69. The van der Waals surface area contributed by atoms with Gasteiger partial charge in [0.1, 0.15) is 0 Å². The third kappa shape index (κ3) is 3.20. The van der Waals surface area contributed by atoms with Crippen molar-refractivity contribution in [2.24, 2.45) is 19.8 Å². The molecular formula is C13H22N6. The minimum absolute atomic E-state index is 0.107. The van der Waals surface area contributed by atoms with Crippen molar-refractivity contribution in [2.75, 3.05) is 0 Å². The summed E-state index contributed by atoms with van der Waals surface area (Å²) >= 11 is 0. The molecule has 2 rings (SSSR count). The van der Waals surface area contributed by atoms with Crippen molar-refractivity contribution in [1.82, 2.24) is 24.8 Å². The summed E-state index contributed by atoms with van der Waals surface area (Å²) in [6.07, 6.45) is 4.59. The highest BCUT2D eigenvalue weighted by atomic mass is 15.4. The fourth-order valence-corrected chi connectivity index (χ4v) is 2.37. The van der Waals surface area contributed by atoms with Gasteiger partial charge in [0.05, 0.1) is 11.4 Å². The van der Waals surface area contributed by atoms with Crippen LogP contribution in [0.3, 0.4) is 0 Å². The molecule has 0 fully saturated rings. The molecule has 2 aromatic heterocycles. The number of nitrogens with two attached hydrogens (primary N) is 1. The molecule has 1 unspecified atom stereocenters. The lowest BCUT2D eigenvalue weighted by Gasteiger charge is -2.09. The average Bonchev–Trinajstić information content (AvgIpc) is 2.83. The topological polar surface area (TPSA) is 74.6 Å². The zero-order valence-corrected chi connectivity index (χ0v) is 12.1. The number of hydrogen-bond acceptors (Lipinski definition) is 4. The van der Waals surface area contributed by atoms with E-state index in [0.29, 0.717) is 0 Å². The molecule has 2 N–H and O–H groups in total. The monoisotopic (exact) mass is 262 g/mol. The predicted molar refractivity (Wildman–Crippen MR) is 73.7 cm³/mol. The maximum atomic E-state index is 6.17. The van der Waals surface area contributed by atoms with Crippen molar-refractivity contribution in [1.29, 1.82) is 0 Å². The van der Waals surface area contributed by atoms with Crippen LogP contribution in [0.5, 0.6) is 0 Å². The molecule has 0 amide bonds. The van der Waals surface area contributed by atoms with E-state index >= 15 is 0 Å². The molecule has 1 atom stereocenters. The van der Waals surface area contributed by atoms with E-state index in [0.717, 1.165) is 30.7 Å². The Morgan fingerprint density at radius 2 is 2.05 bits per heavy atom. The Kier molecular flexibility index (Phi) is 3.99. The first kappa shape index (κ1) is 13.7. The van der Waals surface area contributed by atoms with Crippen LogP contribution in [0.2, 0.25) is 0 Å². The summed E-state index contributed by atoms with van der Waals surface area (Å²) in [6.45, 7) is 4.15. The molecule has 2 heterocycles. The Morgan fingerprint density at radius 3 is 2.58 bits per heavy atom. The summed E-state index contributed by atoms with van der Waals surface area (Å²) in [5, 5.41) is 12.4. The van der Waals surface area contributed by atoms with Gasteiger partial charge in [0.25, 0.3) is 0 Å². The van der Waals surface area contributed by atoms with Crippen molar-refractivity contribution in [3.63, 3.8) is 0 Å². The minimum Gasteiger partial charge on any atom is -0.327 e. The van der Waals surface area contributed by atoms with Gasteiger partial charge in [-0.15, -0.1) is 5.10 Å². The van der Waals surface area contributed by atoms with Crippen molar-refractivity contribution in [2.45, 2.75) is 39.2 Å². The molecule has 6 heteroatoms. The normalized spacial score (nSPS) is 12.9. The Morgan fingerprint density at radius 1 is 1.32 bits per heavy atom. The molecule has 0 aliphatic rings. The van der Waals surface area contributed by atoms with Crippen LogP contribution < -0.4 is 5.73 Å². The van der Waals surface area contributed by atoms with E-state index in [1.807, 2.05) is 25.0 Å². The summed E-state index contributed by atoms with van der Waals surface area (Å²) in [5.41, 5.74) is 10.8. The van der Waals surface area contributed by atoms with Crippen LogP contribution >= 0.6 is 0 Å². The van der Waals surface area contributed by atoms with Gasteiger partial charge < -0.3 is 5.73 Å². The van der Waals surface area contributed by atoms with E-state index in [1.165, 1.54) is 11.3 Å². The van der Waals surface area contributed by atoms with Crippen LogP contribution in [0.15, 0.2) is 6.20 Å². The zero-order chi connectivity index (χ0) is 14.0. The van der Waals surface area contributed by atoms with Gasteiger partial charge in [0.2, 0.25) is 0 Å². The lowest BCUT2D eigenvalue weighted by Crippen LogP contribution is -2.24. The quantitative estimate of drug-likeness (QED) is 0.859. The molecule has 0 saturated heterocycles. The maximum absolute atomic E-state index is 6.17. The van der Waals surface area contributed by atoms with E-state index < -0.39 is 0 Å². The highest BCUT2D eigenvalue weighted by Crippen LogP contribution is 2.15. The van der Waals surface area contributed by atoms with Crippen molar-refractivity contribution >= 4 is 0 Å². The van der Waals surface area contributed by atoms with Crippen LogP contribution in [0.25, 0.3) is 0 Å². The summed E-state index contributed by atoms with van der Waals surface area (Å²) < 4.78 is 3.64. The van der Waals surface area contributed by atoms with E-state index in [1.54, 1.807) is 4.68 Å². The van der Waals surface area contributed by atoms with Crippen LogP contribution in [-0.4, -0.2) is 30.8 Å². The van der Waals surface area contributed by atoms with Gasteiger partial charge in [-0.1, -0.05) is 5.21 Å². The fraction of sp³-hybridized carbons (Fsp3) is 0.615. The lowest BCUT2D eigenvalue weighted by molar-refractivity contribution is 0.599. The summed E-state index contributed by atoms with van der Waals surface area (Å²) in [4.78, 5) is 0. The summed E-state index contributed by atoms with van der Waals surface area (Å²) in [6, 6.07) is 0.107. The molecule has 0 bridgehead atoms. The van der Waals surface area contributed by atoms with Crippen molar-refractivity contribution < 1.29 is 0 Å². The van der Waals surface area contributed by atoms with Crippen LogP contribution in [-0.2, 0) is 26.9 Å². The number of rotatable bonds is 5. The van der Waals surface area contributed by atoms with Gasteiger partial charge in [-0.2, -0.15) is 5.10 Å². The first-order valence-corrected chi connectivity index (χ1v) is 6.57. The standard InChI is InChI=1S/C13H22N6/c1-9-13(10(2)19(4)16-9)6-5-11(14)7-12-8-18(3)17-15-12/h8,11H,5-7,14H2,1-4H3. The van der Waals surface area contributed by atoms with E-state index in [9.17, 15) is 0 Å². The molecule has 0 spiro atoms.